The van der Waals surface area contributed by atoms with E-state index in [2.05, 4.69) is 21.2 Å². The molecule has 0 aliphatic rings. The van der Waals surface area contributed by atoms with E-state index in [4.69, 9.17) is 0 Å². The molecule has 0 amide bonds. The first-order chi connectivity index (χ1) is 8.54. The van der Waals surface area contributed by atoms with Gasteiger partial charge in [-0.3, -0.25) is 10.1 Å². The molecule has 4 nitrogen and oxygen atoms in total. The van der Waals surface area contributed by atoms with E-state index < -0.39 is 10.7 Å². The van der Waals surface area contributed by atoms with Crippen LogP contribution in [0.2, 0.25) is 0 Å². The summed E-state index contributed by atoms with van der Waals surface area (Å²) in [5.41, 5.74) is 1.16. The van der Waals surface area contributed by atoms with E-state index in [1.807, 2.05) is 11.4 Å². The summed E-state index contributed by atoms with van der Waals surface area (Å²) in [5, 5.41) is 15.5. The van der Waals surface area contributed by atoms with E-state index in [-0.39, 0.29) is 5.69 Å². The lowest BCUT2D eigenvalue weighted by Crippen LogP contribution is -1.99. The molecule has 1 N–H and O–H groups in total. The highest BCUT2D eigenvalue weighted by molar-refractivity contribution is 9.11. The molecule has 2 rings (SSSR count). The van der Waals surface area contributed by atoms with Gasteiger partial charge in [-0.2, -0.15) is 0 Å². The Labute approximate surface area is 115 Å². The standard InChI is InChI=1S/C11H8BrFN2O2S/c12-11-1-7(6-18-11)5-14-9-2-8(13)3-10(4-9)15(16)17/h1-4,6,14H,5H2. The number of thiophene rings is 1. The molecule has 94 valence electrons. The Balaban J connectivity index is 2.11. The Hall–Kier alpha value is -1.47. The second kappa shape index (κ2) is 5.45. The molecule has 0 aliphatic carbocycles. The predicted octanol–water partition coefficient (Wildman–Crippen LogP) is 4.17. The molecule has 0 fully saturated rings. The van der Waals surface area contributed by atoms with Crippen LogP contribution in [0.25, 0.3) is 0 Å². The highest BCUT2D eigenvalue weighted by Crippen LogP contribution is 2.23. The van der Waals surface area contributed by atoms with Gasteiger partial charge >= 0.3 is 0 Å². The minimum absolute atomic E-state index is 0.260. The second-order valence-electron chi connectivity index (χ2n) is 3.57. The third-order valence-electron chi connectivity index (χ3n) is 2.21. The van der Waals surface area contributed by atoms with Crippen LogP contribution in [0.1, 0.15) is 5.56 Å². The quantitative estimate of drug-likeness (QED) is 0.676. The summed E-state index contributed by atoms with van der Waals surface area (Å²) in [4.78, 5) is 9.97. The molecule has 1 aromatic carbocycles. The number of nitrogens with zero attached hydrogens (tertiary/aromatic N) is 1. The number of non-ortho nitro benzene ring substituents is 1. The first-order valence-electron chi connectivity index (χ1n) is 4.96. The molecule has 0 saturated heterocycles. The fourth-order valence-electron chi connectivity index (χ4n) is 1.42. The van der Waals surface area contributed by atoms with Gasteiger partial charge in [-0.1, -0.05) is 0 Å². The Morgan fingerprint density at radius 3 is 2.78 bits per heavy atom. The van der Waals surface area contributed by atoms with Crippen molar-refractivity contribution in [3.8, 4) is 0 Å². The SMILES string of the molecule is O=[N+]([O-])c1cc(F)cc(NCc2csc(Br)c2)c1. The van der Waals surface area contributed by atoms with Crippen LogP contribution < -0.4 is 5.32 Å². The molecule has 0 saturated carbocycles. The summed E-state index contributed by atoms with van der Waals surface area (Å²) in [7, 11) is 0. The van der Waals surface area contributed by atoms with Crippen molar-refractivity contribution in [1.29, 1.82) is 0 Å². The lowest BCUT2D eigenvalue weighted by Gasteiger charge is -2.05. The summed E-state index contributed by atoms with van der Waals surface area (Å²) >= 11 is 4.89. The van der Waals surface area contributed by atoms with Crippen LogP contribution in [0.4, 0.5) is 15.8 Å². The minimum Gasteiger partial charge on any atom is -0.381 e. The van der Waals surface area contributed by atoms with E-state index in [1.165, 1.54) is 12.1 Å². The lowest BCUT2D eigenvalue weighted by molar-refractivity contribution is -0.385. The van der Waals surface area contributed by atoms with E-state index in [0.717, 1.165) is 15.4 Å². The fraction of sp³-hybridized carbons (Fsp3) is 0.0909. The van der Waals surface area contributed by atoms with Gasteiger partial charge in [-0.15, -0.1) is 11.3 Å². The fourth-order valence-corrected chi connectivity index (χ4v) is 2.63. The van der Waals surface area contributed by atoms with Crippen molar-refractivity contribution < 1.29 is 9.31 Å². The Morgan fingerprint density at radius 2 is 2.17 bits per heavy atom. The van der Waals surface area contributed by atoms with Gasteiger partial charge in [0.2, 0.25) is 0 Å². The highest BCUT2D eigenvalue weighted by Gasteiger charge is 2.09. The van der Waals surface area contributed by atoms with Gasteiger partial charge in [0.05, 0.1) is 14.8 Å². The number of benzene rings is 1. The Bertz CT molecular complexity index is 588. The van der Waals surface area contributed by atoms with Crippen LogP contribution in [0, 0.1) is 15.9 Å². The zero-order chi connectivity index (χ0) is 13.1. The van der Waals surface area contributed by atoms with Crippen molar-refractivity contribution in [2.45, 2.75) is 6.54 Å². The maximum Gasteiger partial charge on any atom is 0.274 e. The number of nitro benzene ring substituents is 1. The maximum absolute atomic E-state index is 13.2. The Kier molecular flexibility index (Phi) is 3.93. The van der Waals surface area contributed by atoms with Gasteiger partial charge in [0.15, 0.2) is 0 Å². The first kappa shape index (κ1) is 13.0. The number of nitrogens with one attached hydrogen (secondary N) is 1. The van der Waals surface area contributed by atoms with Crippen molar-refractivity contribution in [2.75, 3.05) is 5.32 Å². The number of hydrogen-bond acceptors (Lipinski definition) is 4. The van der Waals surface area contributed by atoms with Crippen molar-refractivity contribution >= 4 is 38.6 Å². The van der Waals surface area contributed by atoms with Crippen LogP contribution in [0.15, 0.2) is 33.4 Å². The van der Waals surface area contributed by atoms with Crippen molar-refractivity contribution in [3.63, 3.8) is 0 Å². The summed E-state index contributed by atoms with van der Waals surface area (Å²) in [6.07, 6.45) is 0. The van der Waals surface area contributed by atoms with Crippen molar-refractivity contribution in [1.82, 2.24) is 0 Å². The molecule has 1 aromatic heterocycles. The topological polar surface area (TPSA) is 55.2 Å². The average molecular weight is 331 g/mol. The molecule has 1 heterocycles. The number of halogens is 2. The smallest absolute Gasteiger partial charge is 0.274 e. The average Bonchev–Trinajstić information content (AvgIpc) is 2.72. The zero-order valence-corrected chi connectivity index (χ0v) is 11.4. The van der Waals surface area contributed by atoms with E-state index in [1.54, 1.807) is 11.3 Å². The Morgan fingerprint density at radius 1 is 1.39 bits per heavy atom. The molecule has 18 heavy (non-hydrogen) atoms. The van der Waals surface area contributed by atoms with Crippen LogP contribution in [0.3, 0.4) is 0 Å². The van der Waals surface area contributed by atoms with Gasteiger partial charge in [0.1, 0.15) is 5.82 Å². The molecule has 0 unspecified atom stereocenters. The number of anilines is 1. The van der Waals surface area contributed by atoms with E-state index in [9.17, 15) is 14.5 Å². The third-order valence-corrected chi connectivity index (χ3v) is 3.77. The molecular formula is C11H8BrFN2O2S. The summed E-state index contributed by atoms with van der Waals surface area (Å²) < 4.78 is 14.2. The maximum atomic E-state index is 13.2. The van der Waals surface area contributed by atoms with Gasteiger partial charge in [-0.25, -0.2) is 4.39 Å². The molecule has 2 aromatic rings. The third kappa shape index (κ3) is 3.27. The highest BCUT2D eigenvalue weighted by atomic mass is 79.9. The van der Waals surface area contributed by atoms with Crippen molar-refractivity contribution in [3.05, 3.63) is 54.9 Å². The monoisotopic (exact) mass is 330 g/mol. The largest absolute Gasteiger partial charge is 0.381 e. The number of hydrogen-bond donors (Lipinski definition) is 1. The van der Waals surface area contributed by atoms with Crippen LogP contribution >= 0.6 is 27.3 Å². The first-order valence-corrected chi connectivity index (χ1v) is 6.63. The van der Waals surface area contributed by atoms with Crippen molar-refractivity contribution in [2.24, 2.45) is 0 Å². The summed E-state index contributed by atoms with van der Waals surface area (Å²) in [6.45, 7) is 0.489. The molecule has 0 atom stereocenters. The van der Waals surface area contributed by atoms with E-state index in [0.29, 0.717) is 12.2 Å². The molecule has 0 spiro atoms. The van der Waals surface area contributed by atoms with Gasteiger partial charge < -0.3 is 5.32 Å². The molecule has 0 radical (unpaired) electrons. The molecule has 7 heteroatoms. The van der Waals surface area contributed by atoms with Gasteiger partial charge in [0.25, 0.3) is 5.69 Å². The zero-order valence-electron chi connectivity index (χ0n) is 9.02. The number of nitro groups is 1. The normalized spacial score (nSPS) is 10.3. The lowest BCUT2D eigenvalue weighted by atomic mass is 10.2. The summed E-state index contributed by atoms with van der Waals surface area (Å²) in [5.74, 6) is -0.627. The predicted molar refractivity (Wildman–Crippen MR) is 72.4 cm³/mol. The van der Waals surface area contributed by atoms with Gasteiger partial charge in [0, 0.05) is 18.3 Å². The second-order valence-corrected chi connectivity index (χ2v) is 5.86. The van der Waals surface area contributed by atoms with Crippen LogP contribution in [-0.2, 0) is 6.54 Å². The minimum atomic E-state index is -0.627. The van der Waals surface area contributed by atoms with Crippen LogP contribution in [-0.4, -0.2) is 4.92 Å². The molecular weight excluding hydrogens is 323 g/mol. The molecule has 0 aliphatic heterocycles. The number of rotatable bonds is 4. The van der Waals surface area contributed by atoms with E-state index >= 15 is 0 Å². The molecule has 0 bridgehead atoms. The summed E-state index contributed by atoms with van der Waals surface area (Å²) in [6, 6.07) is 5.37. The van der Waals surface area contributed by atoms with Gasteiger partial charge in [-0.05, 0) is 39.0 Å². The van der Waals surface area contributed by atoms with Crippen LogP contribution in [0.5, 0.6) is 0 Å².